The highest BCUT2D eigenvalue weighted by Gasteiger charge is 2.31. The van der Waals surface area contributed by atoms with Gasteiger partial charge in [0.15, 0.2) is 0 Å². The Morgan fingerprint density at radius 3 is 3.08 bits per heavy atom. The lowest BCUT2D eigenvalue weighted by Gasteiger charge is -2.30. The lowest BCUT2D eigenvalue weighted by atomic mass is 9.77. The molecule has 0 radical (unpaired) electrons. The molecule has 0 spiro atoms. The maximum Gasteiger partial charge on any atom is 0.111 e. The molecule has 0 bridgehead atoms. The van der Waals surface area contributed by atoms with E-state index in [-0.39, 0.29) is 6.04 Å². The molecule has 0 fully saturated rings. The van der Waals surface area contributed by atoms with Gasteiger partial charge in [0.2, 0.25) is 0 Å². The van der Waals surface area contributed by atoms with E-state index >= 15 is 0 Å². The largest absolute Gasteiger partial charge is 0.469 e. The van der Waals surface area contributed by atoms with Gasteiger partial charge in [-0.3, -0.25) is 0 Å². The van der Waals surface area contributed by atoms with Gasteiger partial charge in [-0.2, -0.15) is 0 Å². The van der Waals surface area contributed by atoms with Gasteiger partial charge in [0.25, 0.3) is 0 Å². The molecule has 72 valence electrons. The highest BCUT2D eigenvalue weighted by atomic mass is 16.3. The summed E-state index contributed by atoms with van der Waals surface area (Å²) in [7, 11) is 0. The first-order valence-electron chi connectivity index (χ1n) is 5.02. The molecule has 2 N–H and O–H groups in total. The summed E-state index contributed by atoms with van der Waals surface area (Å²) in [6.45, 7) is 4.33. The Morgan fingerprint density at radius 2 is 2.38 bits per heavy atom. The third-order valence-electron chi connectivity index (χ3n) is 3.13. The average molecular weight is 179 g/mol. The minimum atomic E-state index is 0.195. The van der Waals surface area contributed by atoms with Crippen LogP contribution in [0.2, 0.25) is 0 Å². The summed E-state index contributed by atoms with van der Waals surface area (Å²) >= 11 is 0. The molecule has 0 saturated heterocycles. The molecule has 1 heterocycles. The predicted molar refractivity (Wildman–Crippen MR) is 52.6 cm³/mol. The zero-order valence-corrected chi connectivity index (χ0v) is 8.29. The van der Waals surface area contributed by atoms with Crippen molar-refractivity contribution in [2.24, 2.45) is 11.7 Å². The van der Waals surface area contributed by atoms with Crippen molar-refractivity contribution in [3.05, 3.63) is 23.7 Å². The fourth-order valence-electron chi connectivity index (χ4n) is 2.42. The summed E-state index contributed by atoms with van der Waals surface area (Å²) in [5, 5.41) is 0. The molecule has 3 unspecified atom stereocenters. The van der Waals surface area contributed by atoms with Crippen molar-refractivity contribution in [3.8, 4) is 0 Å². The molecule has 1 aromatic heterocycles. The van der Waals surface area contributed by atoms with E-state index in [2.05, 4.69) is 19.9 Å². The molecule has 2 heteroatoms. The third kappa shape index (κ3) is 1.39. The van der Waals surface area contributed by atoms with Gasteiger partial charge < -0.3 is 10.2 Å². The number of hydrogen-bond acceptors (Lipinski definition) is 2. The Bertz CT molecular complexity index is 290. The van der Waals surface area contributed by atoms with Crippen LogP contribution < -0.4 is 5.73 Å². The first kappa shape index (κ1) is 8.82. The van der Waals surface area contributed by atoms with Gasteiger partial charge in [-0.15, -0.1) is 0 Å². The number of rotatable bonds is 1. The molecule has 0 aromatic carbocycles. The van der Waals surface area contributed by atoms with Crippen LogP contribution in [0.4, 0.5) is 0 Å². The molecule has 1 aromatic rings. The minimum absolute atomic E-state index is 0.195. The third-order valence-corrected chi connectivity index (χ3v) is 3.13. The van der Waals surface area contributed by atoms with Crippen molar-refractivity contribution in [1.82, 2.24) is 0 Å². The smallest absolute Gasteiger partial charge is 0.111 e. The SMILES string of the molecule is CC(N)C1c2occc2CCC1C. The maximum atomic E-state index is 5.97. The van der Waals surface area contributed by atoms with E-state index in [0.29, 0.717) is 11.8 Å². The summed E-state index contributed by atoms with van der Waals surface area (Å²) in [5.41, 5.74) is 7.33. The minimum Gasteiger partial charge on any atom is -0.469 e. The van der Waals surface area contributed by atoms with Crippen LogP contribution in [-0.2, 0) is 6.42 Å². The number of fused-ring (bicyclic) bond motifs is 1. The molecule has 1 aliphatic rings. The van der Waals surface area contributed by atoms with Gasteiger partial charge in [0.05, 0.1) is 6.26 Å². The summed E-state index contributed by atoms with van der Waals surface area (Å²) < 4.78 is 5.52. The van der Waals surface area contributed by atoms with E-state index in [0.717, 1.165) is 12.2 Å². The Labute approximate surface area is 79.1 Å². The molecule has 0 saturated carbocycles. The first-order valence-corrected chi connectivity index (χ1v) is 5.02. The van der Waals surface area contributed by atoms with E-state index in [1.54, 1.807) is 6.26 Å². The number of hydrogen-bond donors (Lipinski definition) is 1. The molecule has 2 rings (SSSR count). The van der Waals surface area contributed by atoms with Crippen LogP contribution in [0.3, 0.4) is 0 Å². The van der Waals surface area contributed by atoms with Crippen LogP contribution in [0, 0.1) is 5.92 Å². The van der Waals surface area contributed by atoms with Crippen LogP contribution in [0.1, 0.15) is 37.5 Å². The monoisotopic (exact) mass is 179 g/mol. The van der Waals surface area contributed by atoms with Crippen molar-refractivity contribution in [2.45, 2.75) is 38.6 Å². The van der Waals surface area contributed by atoms with Crippen LogP contribution >= 0.6 is 0 Å². The van der Waals surface area contributed by atoms with E-state index < -0.39 is 0 Å². The van der Waals surface area contributed by atoms with Gasteiger partial charge in [0.1, 0.15) is 5.76 Å². The van der Waals surface area contributed by atoms with E-state index in [1.165, 1.54) is 12.0 Å². The standard InChI is InChI=1S/C11H17NO/c1-7-3-4-9-5-6-13-11(9)10(7)8(2)12/h5-8,10H,3-4,12H2,1-2H3. The summed E-state index contributed by atoms with van der Waals surface area (Å²) in [6, 6.07) is 2.27. The Hall–Kier alpha value is -0.760. The second kappa shape index (κ2) is 3.18. The second-order valence-corrected chi connectivity index (χ2v) is 4.21. The fraction of sp³-hybridized carbons (Fsp3) is 0.636. The highest BCUT2D eigenvalue weighted by Crippen LogP contribution is 2.38. The first-order chi connectivity index (χ1) is 6.20. The topological polar surface area (TPSA) is 39.2 Å². The quantitative estimate of drug-likeness (QED) is 0.718. The van der Waals surface area contributed by atoms with Crippen LogP contribution in [0.25, 0.3) is 0 Å². The van der Waals surface area contributed by atoms with Crippen molar-refractivity contribution in [2.75, 3.05) is 0 Å². The van der Waals surface area contributed by atoms with E-state index in [1.807, 2.05) is 0 Å². The van der Waals surface area contributed by atoms with Gasteiger partial charge in [-0.25, -0.2) is 0 Å². The lowest BCUT2D eigenvalue weighted by Crippen LogP contribution is -2.32. The Kier molecular flexibility index (Phi) is 2.16. The second-order valence-electron chi connectivity index (χ2n) is 4.21. The highest BCUT2D eigenvalue weighted by molar-refractivity contribution is 5.25. The zero-order chi connectivity index (χ0) is 9.42. The van der Waals surface area contributed by atoms with Crippen LogP contribution in [-0.4, -0.2) is 6.04 Å². The van der Waals surface area contributed by atoms with Gasteiger partial charge in [-0.1, -0.05) is 6.92 Å². The molecule has 0 amide bonds. The van der Waals surface area contributed by atoms with Gasteiger partial charge >= 0.3 is 0 Å². The van der Waals surface area contributed by atoms with Crippen molar-refractivity contribution in [1.29, 1.82) is 0 Å². The summed E-state index contributed by atoms with van der Waals surface area (Å²) in [4.78, 5) is 0. The molecular formula is C11H17NO. The van der Waals surface area contributed by atoms with Crippen LogP contribution in [0.5, 0.6) is 0 Å². The molecule has 2 nitrogen and oxygen atoms in total. The van der Waals surface area contributed by atoms with Crippen LogP contribution in [0.15, 0.2) is 16.7 Å². The normalized spacial score (nSPS) is 29.8. The van der Waals surface area contributed by atoms with E-state index in [4.69, 9.17) is 10.2 Å². The lowest BCUT2D eigenvalue weighted by molar-refractivity contribution is 0.305. The summed E-state index contributed by atoms with van der Waals surface area (Å²) in [5.74, 6) is 2.20. The predicted octanol–water partition coefficient (Wildman–Crippen LogP) is 2.29. The number of aryl methyl sites for hydroxylation is 1. The Morgan fingerprint density at radius 1 is 1.62 bits per heavy atom. The van der Waals surface area contributed by atoms with Crippen molar-refractivity contribution >= 4 is 0 Å². The molecule has 0 aliphatic heterocycles. The Balaban J connectivity index is 2.36. The molecule has 13 heavy (non-hydrogen) atoms. The number of nitrogens with two attached hydrogens (primary N) is 1. The van der Waals surface area contributed by atoms with Gasteiger partial charge in [0, 0.05) is 12.0 Å². The molecule has 3 atom stereocenters. The van der Waals surface area contributed by atoms with Gasteiger partial charge in [-0.05, 0) is 37.3 Å². The fourth-order valence-corrected chi connectivity index (χ4v) is 2.42. The summed E-state index contributed by atoms with van der Waals surface area (Å²) in [6.07, 6.45) is 4.17. The van der Waals surface area contributed by atoms with Crippen molar-refractivity contribution < 1.29 is 4.42 Å². The molecular weight excluding hydrogens is 162 g/mol. The average Bonchev–Trinajstić information content (AvgIpc) is 2.50. The number of furan rings is 1. The zero-order valence-electron chi connectivity index (χ0n) is 8.29. The maximum absolute atomic E-state index is 5.97. The van der Waals surface area contributed by atoms with Crippen molar-refractivity contribution in [3.63, 3.8) is 0 Å². The van der Waals surface area contributed by atoms with E-state index in [9.17, 15) is 0 Å². The molecule has 1 aliphatic carbocycles.